The molecule has 0 unspecified atom stereocenters. The Labute approximate surface area is 96.7 Å². The molecule has 0 aromatic heterocycles. The third-order valence-corrected chi connectivity index (χ3v) is 2.52. The largest absolute Gasteiger partial charge is 0.412 e. The van der Waals surface area contributed by atoms with Crippen molar-refractivity contribution in [1.29, 1.82) is 0 Å². The first kappa shape index (κ1) is 16.3. The van der Waals surface area contributed by atoms with E-state index in [9.17, 15) is 26.3 Å². The van der Waals surface area contributed by atoms with E-state index in [0.29, 0.717) is 6.42 Å². The van der Waals surface area contributed by atoms with Gasteiger partial charge in [-0.25, -0.2) is 0 Å². The summed E-state index contributed by atoms with van der Waals surface area (Å²) in [5.74, 6) is 0. The highest BCUT2D eigenvalue weighted by molar-refractivity contribution is 5.13. The summed E-state index contributed by atoms with van der Waals surface area (Å²) in [7, 11) is 0. The van der Waals surface area contributed by atoms with Crippen LogP contribution in [0, 0.1) is 5.41 Å². The predicted octanol–water partition coefficient (Wildman–Crippen LogP) is 5.25. The fourth-order valence-electron chi connectivity index (χ4n) is 1.15. The van der Waals surface area contributed by atoms with Crippen molar-refractivity contribution in [2.24, 2.45) is 5.41 Å². The number of allylic oxidation sites excluding steroid dienone is 2. The number of hydrogen-bond acceptors (Lipinski definition) is 0. The van der Waals surface area contributed by atoms with Gasteiger partial charge in [0.2, 0.25) is 0 Å². The Kier molecular flexibility index (Phi) is 5.10. The third kappa shape index (κ3) is 7.28. The Morgan fingerprint density at radius 2 is 1.47 bits per heavy atom. The van der Waals surface area contributed by atoms with Crippen molar-refractivity contribution in [2.75, 3.05) is 0 Å². The monoisotopic (exact) mass is 262 g/mol. The minimum atomic E-state index is -4.70. The normalized spacial score (nSPS) is 15.2. The molecule has 6 heteroatoms. The van der Waals surface area contributed by atoms with Crippen LogP contribution < -0.4 is 0 Å². The fraction of sp³-hybridized carbons (Fsp3) is 0.818. The van der Waals surface area contributed by atoms with Crippen LogP contribution in [-0.2, 0) is 0 Å². The highest BCUT2D eigenvalue weighted by Gasteiger charge is 2.37. The summed E-state index contributed by atoms with van der Waals surface area (Å²) in [6.07, 6.45) is -10.4. The molecule has 0 aliphatic rings. The van der Waals surface area contributed by atoms with E-state index in [2.05, 4.69) is 0 Å². The van der Waals surface area contributed by atoms with Gasteiger partial charge in [0.1, 0.15) is 0 Å². The molecule has 0 fully saturated rings. The smallest absolute Gasteiger partial charge is 0.171 e. The average molecular weight is 262 g/mol. The van der Waals surface area contributed by atoms with Crippen molar-refractivity contribution in [3.63, 3.8) is 0 Å². The molecule has 0 aromatic rings. The zero-order valence-electron chi connectivity index (χ0n) is 9.97. The van der Waals surface area contributed by atoms with Gasteiger partial charge in [-0.2, -0.15) is 26.3 Å². The topological polar surface area (TPSA) is 0 Å². The zero-order chi connectivity index (χ0) is 13.9. The molecule has 0 rings (SSSR count). The van der Waals surface area contributed by atoms with Crippen LogP contribution in [0.1, 0.15) is 40.0 Å². The lowest BCUT2D eigenvalue weighted by Gasteiger charge is -2.22. The number of hydrogen-bond donors (Lipinski definition) is 0. The second-order valence-corrected chi connectivity index (χ2v) is 4.62. The molecule has 102 valence electrons. The van der Waals surface area contributed by atoms with Crippen LogP contribution >= 0.6 is 0 Å². The molecule has 0 heterocycles. The molecule has 17 heavy (non-hydrogen) atoms. The predicted molar refractivity (Wildman–Crippen MR) is 53.5 cm³/mol. The van der Waals surface area contributed by atoms with Crippen molar-refractivity contribution in [3.05, 3.63) is 11.6 Å². The van der Waals surface area contributed by atoms with E-state index in [1.807, 2.05) is 0 Å². The summed E-state index contributed by atoms with van der Waals surface area (Å²) in [4.78, 5) is 0. The van der Waals surface area contributed by atoms with Gasteiger partial charge in [0.15, 0.2) is 0 Å². The molecular formula is C11H16F6. The quantitative estimate of drug-likeness (QED) is 0.479. The van der Waals surface area contributed by atoms with E-state index in [-0.39, 0.29) is 0 Å². The number of halogens is 6. The summed E-state index contributed by atoms with van der Waals surface area (Å²) in [5, 5.41) is 0. The van der Waals surface area contributed by atoms with Crippen LogP contribution in [0.15, 0.2) is 11.6 Å². The highest BCUT2D eigenvalue weighted by atomic mass is 19.4. The molecule has 0 saturated carbocycles. The van der Waals surface area contributed by atoms with Gasteiger partial charge in [-0.15, -0.1) is 0 Å². The Morgan fingerprint density at radius 3 is 1.76 bits per heavy atom. The van der Waals surface area contributed by atoms with Crippen LogP contribution in [0.5, 0.6) is 0 Å². The number of rotatable bonds is 4. The van der Waals surface area contributed by atoms with E-state index in [1.165, 1.54) is 0 Å². The van der Waals surface area contributed by atoms with Crippen LogP contribution in [0.3, 0.4) is 0 Å². The van der Waals surface area contributed by atoms with E-state index in [0.717, 1.165) is 6.08 Å². The van der Waals surface area contributed by atoms with Crippen molar-refractivity contribution < 1.29 is 26.3 Å². The van der Waals surface area contributed by atoms with Crippen LogP contribution in [0.2, 0.25) is 0 Å². The standard InChI is InChI=1S/C11H16F6/c1-4-9(2,3)7-8(11(15,16)17)5-6-10(12,13)14/h7H,4-6H2,1-3H3/b8-7-. The van der Waals surface area contributed by atoms with Gasteiger partial charge in [-0.3, -0.25) is 0 Å². The molecule has 0 aliphatic heterocycles. The molecule has 0 saturated heterocycles. The number of alkyl halides is 6. The molecule has 0 radical (unpaired) electrons. The summed E-state index contributed by atoms with van der Waals surface area (Å²) in [5.41, 5.74) is -1.85. The lowest BCUT2D eigenvalue weighted by atomic mass is 9.87. The summed E-state index contributed by atoms with van der Waals surface area (Å²) in [6.45, 7) is 4.81. The van der Waals surface area contributed by atoms with Crippen molar-refractivity contribution in [2.45, 2.75) is 52.4 Å². The van der Waals surface area contributed by atoms with E-state index in [1.54, 1.807) is 20.8 Å². The van der Waals surface area contributed by atoms with E-state index < -0.39 is 36.2 Å². The highest BCUT2D eigenvalue weighted by Crippen LogP contribution is 2.36. The summed E-state index contributed by atoms with van der Waals surface area (Å²) >= 11 is 0. The van der Waals surface area contributed by atoms with Gasteiger partial charge in [0.05, 0.1) is 0 Å². The fourth-order valence-corrected chi connectivity index (χ4v) is 1.15. The molecular weight excluding hydrogens is 246 g/mol. The maximum Gasteiger partial charge on any atom is 0.412 e. The van der Waals surface area contributed by atoms with E-state index >= 15 is 0 Å². The van der Waals surface area contributed by atoms with Crippen LogP contribution in [0.25, 0.3) is 0 Å². The third-order valence-electron chi connectivity index (χ3n) is 2.52. The second kappa shape index (κ2) is 5.31. The second-order valence-electron chi connectivity index (χ2n) is 4.62. The molecule has 0 nitrogen and oxygen atoms in total. The first-order chi connectivity index (χ1) is 7.37. The van der Waals surface area contributed by atoms with Gasteiger partial charge in [0, 0.05) is 12.0 Å². The maximum absolute atomic E-state index is 12.5. The van der Waals surface area contributed by atoms with Crippen molar-refractivity contribution >= 4 is 0 Å². The zero-order valence-corrected chi connectivity index (χ0v) is 9.97. The molecule has 0 aromatic carbocycles. The van der Waals surface area contributed by atoms with Gasteiger partial charge >= 0.3 is 12.4 Å². The lowest BCUT2D eigenvalue weighted by Crippen LogP contribution is -2.19. The SMILES string of the molecule is CCC(C)(C)/C=C(/CCC(F)(F)F)C(F)(F)F. The van der Waals surface area contributed by atoms with Gasteiger partial charge in [-0.1, -0.05) is 26.8 Å². The van der Waals surface area contributed by atoms with Gasteiger partial charge < -0.3 is 0 Å². The molecule has 0 amide bonds. The molecule has 0 spiro atoms. The minimum Gasteiger partial charge on any atom is -0.171 e. The molecule has 0 aliphatic carbocycles. The van der Waals surface area contributed by atoms with Crippen molar-refractivity contribution in [3.8, 4) is 0 Å². The maximum atomic E-state index is 12.5. The van der Waals surface area contributed by atoms with Crippen molar-refractivity contribution in [1.82, 2.24) is 0 Å². The molecule has 0 atom stereocenters. The average Bonchev–Trinajstić information content (AvgIpc) is 2.09. The minimum absolute atomic E-state index is 0.429. The molecule has 0 bridgehead atoms. The Bertz CT molecular complexity index is 269. The lowest BCUT2D eigenvalue weighted by molar-refractivity contribution is -0.139. The Balaban J connectivity index is 4.92. The Hall–Kier alpha value is -0.680. The summed E-state index contributed by atoms with van der Waals surface area (Å²) < 4.78 is 73.4. The Morgan fingerprint density at radius 1 is 1.00 bits per heavy atom. The summed E-state index contributed by atoms with van der Waals surface area (Å²) in [6, 6.07) is 0. The first-order valence-corrected chi connectivity index (χ1v) is 5.23. The van der Waals surface area contributed by atoms with Crippen LogP contribution in [0.4, 0.5) is 26.3 Å². The van der Waals surface area contributed by atoms with Crippen LogP contribution in [-0.4, -0.2) is 12.4 Å². The molecule has 0 N–H and O–H groups in total. The van der Waals surface area contributed by atoms with Gasteiger partial charge in [0.25, 0.3) is 0 Å². The van der Waals surface area contributed by atoms with E-state index in [4.69, 9.17) is 0 Å². The first-order valence-electron chi connectivity index (χ1n) is 5.23. The van der Waals surface area contributed by atoms with Gasteiger partial charge in [-0.05, 0) is 18.3 Å².